The molecule has 1 aliphatic carbocycles. The van der Waals surface area contributed by atoms with Gasteiger partial charge < -0.3 is 10.6 Å². The van der Waals surface area contributed by atoms with E-state index in [1.54, 1.807) is 0 Å². The molecule has 4 nitrogen and oxygen atoms in total. The van der Waals surface area contributed by atoms with Crippen molar-refractivity contribution >= 4 is 17.1 Å². The highest BCUT2D eigenvalue weighted by Crippen LogP contribution is 2.26. The highest BCUT2D eigenvalue weighted by molar-refractivity contribution is 5.79. The van der Waals surface area contributed by atoms with Crippen LogP contribution in [-0.4, -0.2) is 6.04 Å². The molecule has 1 saturated carbocycles. The van der Waals surface area contributed by atoms with Gasteiger partial charge in [-0.2, -0.15) is 0 Å². The number of hydrogen-bond donors (Lipinski definition) is 2. The molecule has 0 bridgehead atoms. The van der Waals surface area contributed by atoms with Gasteiger partial charge in [-0.25, -0.2) is 0 Å². The maximum Gasteiger partial charge on any atom is 0.253 e. The smallest absolute Gasteiger partial charge is 0.253 e. The van der Waals surface area contributed by atoms with Crippen molar-refractivity contribution in [2.75, 3.05) is 10.6 Å². The molecule has 0 amide bonds. The number of aryl methyl sites for hydroxylation is 1. The van der Waals surface area contributed by atoms with Crippen LogP contribution in [0.5, 0.6) is 0 Å². The summed E-state index contributed by atoms with van der Waals surface area (Å²) in [6, 6.07) is 8.09. The van der Waals surface area contributed by atoms with Crippen LogP contribution in [0.15, 0.2) is 33.9 Å². The van der Waals surface area contributed by atoms with Crippen LogP contribution in [0.3, 0.4) is 0 Å². The average Bonchev–Trinajstić information content (AvgIpc) is 2.95. The Balaban J connectivity index is 1.81. The molecule has 3 rings (SSSR count). The molecule has 2 N–H and O–H groups in total. The van der Waals surface area contributed by atoms with Crippen molar-refractivity contribution in [2.45, 2.75) is 38.6 Å². The lowest BCUT2D eigenvalue weighted by molar-refractivity contribution is 0.753. The van der Waals surface area contributed by atoms with Crippen LogP contribution in [0.25, 0.3) is 0 Å². The minimum absolute atomic E-state index is 0.330. The van der Waals surface area contributed by atoms with Crippen LogP contribution >= 0.6 is 0 Å². The van der Waals surface area contributed by atoms with E-state index in [4.69, 9.17) is 0 Å². The summed E-state index contributed by atoms with van der Waals surface area (Å²) in [5, 5.41) is 6.30. The molecule has 1 fully saturated rings. The van der Waals surface area contributed by atoms with Crippen LogP contribution in [0.2, 0.25) is 0 Å². The van der Waals surface area contributed by atoms with Gasteiger partial charge in [0.25, 0.3) is 10.9 Å². The fourth-order valence-corrected chi connectivity index (χ4v) is 2.79. The second-order valence-corrected chi connectivity index (χ2v) is 5.53. The molecule has 0 saturated heterocycles. The molecular weight excluding hydrogens is 252 g/mol. The Bertz CT molecular complexity index is 693. The number of hydrogen-bond acceptors (Lipinski definition) is 4. The van der Waals surface area contributed by atoms with Crippen molar-refractivity contribution in [1.82, 2.24) is 0 Å². The molecular formula is C16H18N2O2. The summed E-state index contributed by atoms with van der Waals surface area (Å²) < 4.78 is 0. The molecule has 0 aromatic heterocycles. The van der Waals surface area contributed by atoms with Crippen LogP contribution in [0, 0.1) is 6.92 Å². The maximum absolute atomic E-state index is 11.7. The summed E-state index contributed by atoms with van der Waals surface area (Å²) in [5.41, 5.74) is 2.00. The molecule has 4 heteroatoms. The van der Waals surface area contributed by atoms with E-state index in [-0.39, 0.29) is 0 Å². The molecule has 0 radical (unpaired) electrons. The van der Waals surface area contributed by atoms with Gasteiger partial charge in [0.2, 0.25) is 0 Å². The number of rotatable bonds is 4. The van der Waals surface area contributed by atoms with Gasteiger partial charge >= 0.3 is 0 Å². The molecule has 104 valence electrons. The Kier molecular flexibility index (Phi) is 3.30. The van der Waals surface area contributed by atoms with Crippen LogP contribution in [0.4, 0.5) is 17.1 Å². The minimum Gasteiger partial charge on any atom is -0.377 e. The van der Waals surface area contributed by atoms with Crippen molar-refractivity contribution in [3.63, 3.8) is 0 Å². The van der Waals surface area contributed by atoms with Crippen LogP contribution in [0.1, 0.15) is 31.2 Å². The lowest BCUT2D eigenvalue weighted by Crippen LogP contribution is -2.38. The molecule has 0 atom stereocenters. The zero-order valence-electron chi connectivity index (χ0n) is 11.5. The lowest BCUT2D eigenvalue weighted by Gasteiger charge is -2.18. The Labute approximate surface area is 117 Å². The van der Waals surface area contributed by atoms with Crippen LogP contribution < -0.4 is 21.5 Å². The molecule has 0 unspecified atom stereocenters. The fourth-order valence-electron chi connectivity index (χ4n) is 2.79. The Morgan fingerprint density at radius 3 is 2.45 bits per heavy atom. The molecule has 0 spiro atoms. The van der Waals surface area contributed by atoms with E-state index < -0.39 is 10.9 Å². The quantitative estimate of drug-likeness (QED) is 0.839. The van der Waals surface area contributed by atoms with Crippen molar-refractivity contribution in [1.29, 1.82) is 0 Å². The third-order valence-electron chi connectivity index (χ3n) is 3.90. The number of benzene rings is 1. The van der Waals surface area contributed by atoms with E-state index in [0.717, 1.165) is 24.1 Å². The standard InChI is InChI=1S/C16H18N2O2/c1-10-5-4-8-12(9-10)18-14-13(15(19)16(14)20)17-11-6-2-3-7-11/h4-5,8-9,11,17-18H,2-3,6-7H2,1H3. The highest BCUT2D eigenvalue weighted by Gasteiger charge is 2.24. The van der Waals surface area contributed by atoms with Gasteiger partial charge in [0, 0.05) is 11.7 Å². The summed E-state index contributed by atoms with van der Waals surface area (Å²) >= 11 is 0. The Morgan fingerprint density at radius 1 is 1.05 bits per heavy atom. The third-order valence-corrected chi connectivity index (χ3v) is 3.90. The van der Waals surface area contributed by atoms with Gasteiger partial charge in [-0.15, -0.1) is 0 Å². The van der Waals surface area contributed by atoms with Crippen molar-refractivity contribution in [3.8, 4) is 0 Å². The maximum atomic E-state index is 11.7. The second-order valence-electron chi connectivity index (χ2n) is 5.53. The zero-order valence-corrected chi connectivity index (χ0v) is 11.5. The Hall–Kier alpha value is -2.10. The second kappa shape index (κ2) is 5.12. The van der Waals surface area contributed by atoms with Gasteiger partial charge in [0.15, 0.2) is 0 Å². The number of anilines is 3. The first-order valence-electron chi connectivity index (χ1n) is 7.08. The SMILES string of the molecule is Cc1cccc(Nc2c(NC3CCCC3)c(=O)c2=O)c1. The first-order chi connectivity index (χ1) is 9.65. The summed E-state index contributed by atoms with van der Waals surface area (Å²) in [7, 11) is 0. The molecule has 2 aromatic carbocycles. The van der Waals surface area contributed by atoms with E-state index in [0.29, 0.717) is 17.4 Å². The largest absolute Gasteiger partial charge is 0.377 e. The molecule has 2 aromatic rings. The summed E-state index contributed by atoms with van der Waals surface area (Å²) in [5.74, 6) is 0. The fraction of sp³-hybridized carbons (Fsp3) is 0.375. The lowest BCUT2D eigenvalue weighted by atomic mass is 10.1. The summed E-state index contributed by atoms with van der Waals surface area (Å²) in [4.78, 5) is 23.4. The first-order valence-corrected chi connectivity index (χ1v) is 7.08. The predicted molar refractivity (Wildman–Crippen MR) is 81.7 cm³/mol. The predicted octanol–water partition coefficient (Wildman–Crippen LogP) is 2.69. The van der Waals surface area contributed by atoms with Crippen LogP contribution in [-0.2, 0) is 0 Å². The molecule has 0 heterocycles. The molecule has 0 aliphatic heterocycles. The van der Waals surface area contributed by atoms with Gasteiger partial charge in [-0.05, 0) is 37.5 Å². The van der Waals surface area contributed by atoms with E-state index in [9.17, 15) is 9.59 Å². The normalized spacial score (nSPS) is 15.7. The molecule has 1 aliphatic rings. The zero-order chi connectivity index (χ0) is 14.1. The Morgan fingerprint density at radius 2 is 1.75 bits per heavy atom. The third kappa shape index (κ3) is 2.33. The molecule has 20 heavy (non-hydrogen) atoms. The van der Waals surface area contributed by atoms with E-state index in [2.05, 4.69) is 10.6 Å². The first kappa shape index (κ1) is 12.9. The summed E-state index contributed by atoms with van der Waals surface area (Å²) in [6.07, 6.45) is 4.52. The van der Waals surface area contributed by atoms with Gasteiger partial charge in [0.1, 0.15) is 11.4 Å². The van der Waals surface area contributed by atoms with Gasteiger partial charge in [0.05, 0.1) is 0 Å². The van der Waals surface area contributed by atoms with Crippen molar-refractivity contribution in [3.05, 3.63) is 50.3 Å². The van der Waals surface area contributed by atoms with Crippen molar-refractivity contribution in [2.24, 2.45) is 0 Å². The number of nitrogens with one attached hydrogen (secondary N) is 2. The highest BCUT2D eigenvalue weighted by atomic mass is 16.2. The van der Waals surface area contributed by atoms with E-state index >= 15 is 0 Å². The monoisotopic (exact) mass is 270 g/mol. The van der Waals surface area contributed by atoms with Crippen molar-refractivity contribution < 1.29 is 0 Å². The van der Waals surface area contributed by atoms with Gasteiger partial charge in [-0.3, -0.25) is 9.59 Å². The van der Waals surface area contributed by atoms with E-state index in [1.807, 2.05) is 31.2 Å². The minimum atomic E-state index is -0.424. The van der Waals surface area contributed by atoms with E-state index in [1.165, 1.54) is 12.8 Å². The average molecular weight is 270 g/mol. The van der Waals surface area contributed by atoms with Gasteiger partial charge in [-0.1, -0.05) is 25.0 Å². The summed E-state index contributed by atoms with van der Waals surface area (Å²) in [6.45, 7) is 1.99. The topological polar surface area (TPSA) is 58.2 Å².